The molecule has 1 fully saturated rings. The Hall–Kier alpha value is -3.79. The van der Waals surface area contributed by atoms with Gasteiger partial charge in [-0.3, -0.25) is 9.78 Å². The summed E-state index contributed by atoms with van der Waals surface area (Å²) in [7, 11) is 1.37. The predicted octanol–water partition coefficient (Wildman–Crippen LogP) is 3.19. The molecule has 1 aromatic carbocycles. The van der Waals surface area contributed by atoms with Crippen molar-refractivity contribution in [3.8, 4) is 17.0 Å². The third-order valence-electron chi connectivity index (χ3n) is 5.48. The number of methoxy groups -OCH3 is 1. The molecule has 1 aliphatic heterocycles. The molecule has 3 aromatic rings. The first-order chi connectivity index (χ1) is 15.9. The van der Waals surface area contributed by atoms with E-state index in [1.54, 1.807) is 12.3 Å². The molecule has 1 unspecified atom stereocenters. The molecule has 10 heteroatoms. The van der Waals surface area contributed by atoms with Crippen molar-refractivity contribution >= 4 is 23.0 Å². The molecule has 172 valence electrons. The maximum absolute atomic E-state index is 14.7. The van der Waals surface area contributed by atoms with Gasteiger partial charge in [0.05, 0.1) is 30.4 Å². The van der Waals surface area contributed by atoms with Crippen LogP contribution in [0.5, 0.6) is 5.75 Å². The molecule has 5 N–H and O–H groups in total. The number of nitrogen functional groups attached to an aromatic ring is 1. The van der Waals surface area contributed by atoms with Gasteiger partial charge in [-0.05, 0) is 37.1 Å². The van der Waals surface area contributed by atoms with Gasteiger partial charge in [-0.25, -0.2) is 13.8 Å². The molecular formula is C23H24F2N6O2. The van der Waals surface area contributed by atoms with Crippen LogP contribution >= 0.6 is 0 Å². The van der Waals surface area contributed by atoms with E-state index in [1.807, 2.05) is 0 Å². The molecule has 1 aliphatic rings. The Labute approximate surface area is 189 Å². The predicted molar refractivity (Wildman–Crippen MR) is 122 cm³/mol. The molecule has 0 spiro atoms. The summed E-state index contributed by atoms with van der Waals surface area (Å²) in [4.78, 5) is 23.4. The van der Waals surface area contributed by atoms with E-state index >= 15 is 0 Å². The van der Waals surface area contributed by atoms with Crippen LogP contribution in [0.3, 0.4) is 0 Å². The lowest BCUT2D eigenvalue weighted by Crippen LogP contribution is -2.43. The maximum atomic E-state index is 14.7. The first kappa shape index (κ1) is 22.4. The number of carbonyl (C=O) groups is 1. The molecule has 3 heterocycles. The van der Waals surface area contributed by atoms with E-state index < -0.39 is 17.5 Å². The number of ether oxygens (including phenoxy) is 1. The molecule has 4 rings (SSSR count). The number of rotatable bonds is 5. The highest BCUT2D eigenvalue weighted by atomic mass is 19.1. The van der Waals surface area contributed by atoms with E-state index in [0.717, 1.165) is 37.2 Å². The Morgan fingerprint density at radius 1 is 1.27 bits per heavy atom. The summed E-state index contributed by atoms with van der Waals surface area (Å²) in [5.41, 5.74) is 12.7. The molecule has 0 radical (unpaired) electrons. The van der Waals surface area contributed by atoms with Gasteiger partial charge < -0.3 is 26.4 Å². The van der Waals surface area contributed by atoms with Crippen LogP contribution in [0.25, 0.3) is 11.3 Å². The fourth-order valence-electron chi connectivity index (χ4n) is 3.91. The van der Waals surface area contributed by atoms with Gasteiger partial charge in [-0.15, -0.1) is 0 Å². The van der Waals surface area contributed by atoms with Gasteiger partial charge in [0.1, 0.15) is 17.3 Å². The van der Waals surface area contributed by atoms with Crippen LogP contribution in [0.15, 0.2) is 42.7 Å². The highest BCUT2D eigenvalue weighted by molar-refractivity contribution is 6.08. The summed E-state index contributed by atoms with van der Waals surface area (Å²) in [6.07, 6.45) is 5.02. The number of aromatic nitrogens is 2. The van der Waals surface area contributed by atoms with Crippen molar-refractivity contribution in [3.63, 3.8) is 0 Å². The largest absolute Gasteiger partial charge is 0.496 e. The van der Waals surface area contributed by atoms with Gasteiger partial charge in [0.25, 0.3) is 5.91 Å². The average molecular weight is 454 g/mol. The molecule has 0 saturated carbocycles. The second-order valence-electron chi connectivity index (χ2n) is 7.80. The van der Waals surface area contributed by atoms with Crippen molar-refractivity contribution in [2.75, 3.05) is 36.1 Å². The first-order valence-electron chi connectivity index (χ1n) is 10.4. The standard InChI is InChI=1S/C23H24F2N6O2/c1-33-20-5-4-13(24)9-15(20)21-16(25)10-17(27)22(30-21)23(32)29-18-11-28-7-6-19(18)31-8-2-3-14(26)12-31/h4-7,9-11,14H,2-3,8,12,26-27H2,1H3,(H,29,32). The lowest BCUT2D eigenvalue weighted by atomic mass is 10.1. The van der Waals surface area contributed by atoms with E-state index in [4.69, 9.17) is 16.2 Å². The van der Waals surface area contributed by atoms with Crippen molar-refractivity contribution in [3.05, 3.63) is 60.1 Å². The summed E-state index contributed by atoms with van der Waals surface area (Å²) in [6, 6.07) is 6.43. The number of carbonyl (C=O) groups excluding carboxylic acids is 1. The number of benzene rings is 1. The van der Waals surface area contributed by atoms with Crippen molar-refractivity contribution in [2.24, 2.45) is 5.73 Å². The van der Waals surface area contributed by atoms with Gasteiger partial charge in [-0.1, -0.05) is 0 Å². The second kappa shape index (κ2) is 9.37. The highest BCUT2D eigenvalue weighted by Gasteiger charge is 2.23. The number of anilines is 3. The number of hydrogen-bond acceptors (Lipinski definition) is 7. The third-order valence-corrected chi connectivity index (χ3v) is 5.48. The van der Waals surface area contributed by atoms with Crippen LogP contribution in [0.1, 0.15) is 23.3 Å². The quantitative estimate of drug-likeness (QED) is 0.542. The molecule has 1 saturated heterocycles. The number of nitrogens with two attached hydrogens (primary N) is 2. The number of nitrogens with one attached hydrogen (secondary N) is 1. The number of hydrogen-bond donors (Lipinski definition) is 3. The Morgan fingerprint density at radius 2 is 2.09 bits per heavy atom. The molecule has 0 bridgehead atoms. The Morgan fingerprint density at radius 3 is 2.85 bits per heavy atom. The minimum atomic E-state index is -0.808. The Balaban J connectivity index is 1.68. The normalized spacial score (nSPS) is 15.9. The number of piperidine rings is 1. The maximum Gasteiger partial charge on any atom is 0.276 e. The molecule has 8 nitrogen and oxygen atoms in total. The summed E-state index contributed by atoms with van der Waals surface area (Å²) in [5, 5.41) is 2.76. The average Bonchev–Trinajstić information content (AvgIpc) is 2.79. The second-order valence-corrected chi connectivity index (χ2v) is 7.80. The lowest BCUT2D eigenvalue weighted by molar-refractivity contribution is 0.102. The number of halogens is 2. The number of nitrogens with zero attached hydrogens (tertiary/aromatic N) is 3. The minimum Gasteiger partial charge on any atom is -0.496 e. The van der Waals surface area contributed by atoms with Gasteiger partial charge in [0.2, 0.25) is 0 Å². The van der Waals surface area contributed by atoms with Crippen LogP contribution < -0.4 is 26.4 Å². The molecule has 1 amide bonds. The zero-order chi connectivity index (χ0) is 23.5. The Kier molecular flexibility index (Phi) is 6.36. The van der Waals surface area contributed by atoms with Crippen LogP contribution in [0.4, 0.5) is 25.8 Å². The van der Waals surface area contributed by atoms with Crippen LogP contribution in [0.2, 0.25) is 0 Å². The van der Waals surface area contributed by atoms with Gasteiger partial charge in [-0.2, -0.15) is 0 Å². The van der Waals surface area contributed by atoms with Crippen molar-refractivity contribution in [1.29, 1.82) is 0 Å². The minimum absolute atomic E-state index is 0.0358. The zero-order valence-electron chi connectivity index (χ0n) is 18.0. The van der Waals surface area contributed by atoms with E-state index in [9.17, 15) is 13.6 Å². The summed E-state index contributed by atoms with van der Waals surface area (Å²) in [5.74, 6) is -1.86. The summed E-state index contributed by atoms with van der Waals surface area (Å²) < 4.78 is 33.8. The van der Waals surface area contributed by atoms with E-state index in [-0.39, 0.29) is 34.4 Å². The van der Waals surface area contributed by atoms with Crippen molar-refractivity contribution < 1.29 is 18.3 Å². The SMILES string of the molecule is COc1ccc(F)cc1-c1nc(C(=O)Nc2cnccc2N2CCCC(N)C2)c(N)cc1F. The molecule has 2 aromatic heterocycles. The summed E-state index contributed by atoms with van der Waals surface area (Å²) in [6.45, 7) is 1.44. The topological polar surface area (TPSA) is 119 Å². The summed E-state index contributed by atoms with van der Waals surface area (Å²) >= 11 is 0. The first-order valence-corrected chi connectivity index (χ1v) is 10.4. The highest BCUT2D eigenvalue weighted by Crippen LogP contribution is 2.33. The van der Waals surface area contributed by atoms with E-state index in [1.165, 1.54) is 25.4 Å². The fraction of sp³-hybridized carbons (Fsp3) is 0.261. The third kappa shape index (κ3) is 4.70. The lowest BCUT2D eigenvalue weighted by Gasteiger charge is -2.33. The molecule has 0 aliphatic carbocycles. The molecule has 33 heavy (non-hydrogen) atoms. The molecule has 1 atom stereocenters. The van der Waals surface area contributed by atoms with Gasteiger partial charge in [0.15, 0.2) is 11.5 Å². The van der Waals surface area contributed by atoms with E-state index in [0.29, 0.717) is 12.2 Å². The van der Waals surface area contributed by atoms with Gasteiger partial charge >= 0.3 is 0 Å². The monoisotopic (exact) mass is 454 g/mol. The number of pyridine rings is 2. The smallest absolute Gasteiger partial charge is 0.276 e. The molecular weight excluding hydrogens is 430 g/mol. The van der Waals surface area contributed by atoms with Crippen LogP contribution in [-0.4, -0.2) is 42.1 Å². The van der Waals surface area contributed by atoms with Crippen molar-refractivity contribution in [1.82, 2.24) is 9.97 Å². The van der Waals surface area contributed by atoms with Crippen molar-refractivity contribution in [2.45, 2.75) is 18.9 Å². The Bertz CT molecular complexity index is 1190. The zero-order valence-corrected chi connectivity index (χ0v) is 18.0. The fourth-order valence-corrected chi connectivity index (χ4v) is 3.91. The van der Waals surface area contributed by atoms with Crippen LogP contribution in [0, 0.1) is 11.6 Å². The van der Waals surface area contributed by atoms with Gasteiger partial charge in [0, 0.05) is 37.0 Å². The number of amides is 1. The van der Waals surface area contributed by atoms with Crippen LogP contribution in [-0.2, 0) is 0 Å². The van der Waals surface area contributed by atoms with E-state index in [2.05, 4.69) is 20.2 Å².